The summed E-state index contributed by atoms with van der Waals surface area (Å²) < 4.78 is 0. The highest BCUT2D eigenvalue weighted by Gasteiger charge is 2.77. The molecular formula is C18H14N2O5S. The van der Waals surface area contributed by atoms with Crippen molar-refractivity contribution < 1.29 is 19.9 Å². The van der Waals surface area contributed by atoms with Gasteiger partial charge < -0.3 is 10.2 Å². The van der Waals surface area contributed by atoms with Crippen molar-refractivity contribution in [3.8, 4) is 0 Å². The highest BCUT2D eigenvalue weighted by atomic mass is 32.2. The van der Waals surface area contributed by atoms with Gasteiger partial charge in [-0.25, -0.2) is 0 Å². The van der Waals surface area contributed by atoms with Crippen LogP contribution in [0, 0.1) is 10.1 Å². The van der Waals surface area contributed by atoms with Crippen molar-refractivity contribution >= 4 is 23.2 Å². The summed E-state index contributed by atoms with van der Waals surface area (Å²) in [5.74, 6) is -0.882. The number of hydrogen-bond acceptors (Lipinski definition) is 7. The predicted molar refractivity (Wildman–Crippen MR) is 96.1 cm³/mol. The zero-order valence-corrected chi connectivity index (χ0v) is 14.4. The number of nitrogens with zero attached hydrogens (tertiary/aromatic N) is 2. The molecule has 0 saturated heterocycles. The van der Waals surface area contributed by atoms with E-state index in [9.17, 15) is 25.1 Å². The molecule has 2 aromatic carbocycles. The number of para-hydroxylation sites is 1. The summed E-state index contributed by atoms with van der Waals surface area (Å²) in [6.07, 6.45) is 1.60. The van der Waals surface area contributed by atoms with Crippen LogP contribution in [0.25, 0.3) is 0 Å². The monoisotopic (exact) mass is 370 g/mol. The maximum atomic E-state index is 13.0. The van der Waals surface area contributed by atoms with Gasteiger partial charge in [-0.2, -0.15) is 0 Å². The second-order valence-electron chi connectivity index (χ2n) is 6.04. The Morgan fingerprint density at radius 3 is 2.31 bits per heavy atom. The van der Waals surface area contributed by atoms with Crippen molar-refractivity contribution in [1.29, 1.82) is 0 Å². The van der Waals surface area contributed by atoms with Crippen LogP contribution in [0.5, 0.6) is 0 Å². The van der Waals surface area contributed by atoms with Crippen molar-refractivity contribution in [2.24, 2.45) is 0 Å². The van der Waals surface area contributed by atoms with Gasteiger partial charge in [0, 0.05) is 16.8 Å². The van der Waals surface area contributed by atoms with E-state index in [-0.39, 0.29) is 16.2 Å². The van der Waals surface area contributed by atoms with Crippen molar-refractivity contribution in [2.45, 2.75) is 11.3 Å². The summed E-state index contributed by atoms with van der Waals surface area (Å²) in [7, 11) is 0. The van der Waals surface area contributed by atoms with E-state index in [1.807, 2.05) is 0 Å². The van der Waals surface area contributed by atoms with E-state index >= 15 is 0 Å². The molecule has 2 N–H and O–H groups in total. The second kappa shape index (κ2) is 5.41. The third kappa shape index (κ3) is 1.73. The van der Waals surface area contributed by atoms with E-state index in [1.165, 1.54) is 17.0 Å². The molecule has 7 nitrogen and oxygen atoms in total. The van der Waals surface area contributed by atoms with Gasteiger partial charge in [-0.15, -0.1) is 11.8 Å². The summed E-state index contributed by atoms with van der Waals surface area (Å²) in [6, 6.07) is 14.6. The number of carbonyl (C=O) groups is 1. The molecular weight excluding hydrogens is 356 g/mol. The Hall–Kier alpha value is -2.68. The number of rotatable bonds is 3. The van der Waals surface area contributed by atoms with Crippen LogP contribution in [0.15, 0.2) is 65.3 Å². The highest BCUT2D eigenvalue weighted by molar-refractivity contribution is 8.02. The van der Waals surface area contributed by atoms with Gasteiger partial charge >= 0.3 is 5.70 Å². The fraction of sp³-hybridized carbons (Fsp3) is 0.167. The summed E-state index contributed by atoms with van der Waals surface area (Å²) in [5.41, 5.74) is -5.08. The number of nitro groups is 1. The van der Waals surface area contributed by atoms with E-state index in [0.717, 1.165) is 11.8 Å². The van der Waals surface area contributed by atoms with Crippen molar-refractivity contribution in [3.05, 3.63) is 86.6 Å². The molecule has 0 amide bonds. The lowest BCUT2D eigenvalue weighted by Gasteiger charge is -2.38. The highest BCUT2D eigenvalue weighted by Crippen LogP contribution is 2.59. The lowest BCUT2D eigenvalue weighted by Crippen LogP contribution is -2.58. The maximum absolute atomic E-state index is 13.0. The van der Waals surface area contributed by atoms with Crippen LogP contribution in [0.4, 0.5) is 5.69 Å². The summed E-state index contributed by atoms with van der Waals surface area (Å²) in [6.45, 7) is 0. The quantitative estimate of drug-likeness (QED) is 0.630. The maximum Gasteiger partial charge on any atom is 0.321 e. The molecule has 0 aromatic heterocycles. The Balaban J connectivity index is 2.12. The molecule has 0 spiro atoms. The number of ketones is 1. The minimum absolute atomic E-state index is 0.0223. The van der Waals surface area contributed by atoms with Gasteiger partial charge in [0.15, 0.2) is 5.03 Å². The van der Waals surface area contributed by atoms with Gasteiger partial charge in [-0.05, 0) is 18.4 Å². The molecule has 8 heteroatoms. The lowest BCUT2D eigenvalue weighted by atomic mass is 9.89. The molecule has 4 rings (SSSR count). The average molecular weight is 370 g/mol. The average Bonchev–Trinajstić information content (AvgIpc) is 2.96. The normalized spacial score (nSPS) is 26.9. The fourth-order valence-electron chi connectivity index (χ4n) is 3.78. The number of carbonyl (C=O) groups excluding carboxylic acids is 1. The molecule has 0 radical (unpaired) electrons. The summed E-state index contributed by atoms with van der Waals surface area (Å²) >= 11 is 0.994. The molecule has 0 unspecified atom stereocenters. The molecule has 1 aliphatic heterocycles. The second-order valence-corrected chi connectivity index (χ2v) is 6.84. The Kier molecular flexibility index (Phi) is 3.49. The molecule has 26 heavy (non-hydrogen) atoms. The smallest absolute Gasteiger partial charge is 0.321 e. The van der Waals surface area contributed by atoms with Gasteiger partial charge in [0.1, 0.15) is 0 Å². The number of benzene rings is 2. The number of thioether (sulfide) groups is 1. The molecule has 2 aliphatic rings. The largest absolute Gasteiger partial charge is 0.368 e. The molecule has 2 aromatic rings. The minimum atomic E-state index is -2.70. The predicted octanol–water partition coefficient (Wildman–Crippen LogP) is 2.09. The Labute approximate surface area is 152 Å². The van der Waals surface area contributed by atoms with E-state index in [4.69, 9.17) is 0 Å². The zero-order valence-electron chi connectivity index (χ0n) is 13.6. The van der Waals surface area contributed by atoms with Crippen molar-refractivity contribution in [2.75, 3.05) is 11.2 Å². The number of anilines is 1. The third-order valence-corrected chi connectivity index (χ3v) is 5.61. The van der Waals surface area contributed by atoms with Gasteiger partial charge in [0.2, 0.25) is 11.5 Å². The van der Waals surface area contributed by atoms with E-state index in [2.05, 4.69) is 0 Å². The molecule has 1 heterocycles. The first-order chi connectivity index (χ1) is 12.4. The van der Waals surface area contributed by atoms with E-state index < -0.39 is 27.7 Å². The first kappa shape index (κ1) is 16.8. The first-order valence-electron chi connectivity index (χ1n) is 7.76. The topological polar surface area (TPSA) is 104 Å². The van der Waals surface area contributed by atoms with E-state index in [0.29, 0.717) is 5.69 Å². The molecule has 0 fully saturated rings. The lowest BCUT2D eigenvalue weighted by molar-refractivity contribution is -0.443. The van der Waals surface area contributed by atoms with Crippen molar-refractivity contribution in [1.82, 2.24) is 0 Å². The van der Waals surface area contributed by atoms with Crippen molar-refractivity contribution in [3.63, 3.8) is 0 Å². The zero-order chi connectivity index (χ0) is 18.7. The minimum Gasteiger partial charge on any atom is -0.368 e. The number of aliphatic hydroxyl groups is 2. The van der Waals surface area contributed by atoms with Crippen LogP contribution in [-0.2, 0) is 5.72 Å². The van der Waals surface area contributed by atoms with Gasteiger partial charge in [-0.3, -0.25) is 19.8 Å². The molecule has 2 atom stereocenters. The Bertz CT molecular complexity index is 977. The van der Waals surface area contributed by atoms with Crippen LogP contribution in [-0.4, -0.2) is 32.8 Å². The molecule has 1 aliphatic carbocycles. The first-order valence-corrected chi connectivity index (χ1v) is 8.99. The Morgan fingerprint density at radius 2 is 1.69 bits per heavy atom. The van der Waals surface area contributed by atoms with Gasteiger partial charge in [-0.1, -0.05) is 42.5 Å². The molecule has 132 valence electrons. The molecule has 0 saturated carbocycles. The SMILES string of the molecule is CSC1=C([N+](=O)[O-])[C@]2(O)C(=O)c3ccccc3[C@]2(O)N1c1ccccc1. The van der Waals surface area contributed by atoms with Crippen LogP contribution in [0.1, 0.15) is 15.9 Å². The van der Waals surface area contributed by atoms with Crippen LogP contribution in [0.3, 0.4) is 0 Å². The molecule has 0 bridgehead atoms. The number of Topliss-reactive ketones (excluding diaryl/α,β-unsaturated/α-hetero) is 1. The third-order valence-electron chi connectivity index (χ3n) is 4.84. The fourth-order valence-corrected chi connectivity index (χ4v) is 4.61. The number of hydrogen-bond donors (Lipinski definition) is 2. The number of fused-ring (bicyclic) bond motifs is 3. The van der Waals surface area contributed by atoms with Crippen LogP contribution >= 0.6 is 11.8 Å². The standard InChI is InChI=1S/C18H14N2O5S/c1-26-16-14(20(24)25)17(22)15(21)12-9-5-6-10-13(12)18(17,23)19(16)11-7-3-2-4-8-11/h2-10,22-23H,1H3/t17-,18+/m0/s1. The summed E-state index contributed by atoms with van der Waals surface area (Å²) in [5, 5.41) is 34.8. The Morgan fingerprint density at radius 1 is 1.08 bits per heavy atom. The van der Waals surface area contributed by atoms with Gasteiger partial charge in [0.05, 0.1) is 4.92 Å². The van der Waals surface area contributed by atoms with Gasteiger partial charge in [0.25, 0.3) is 5.60 Å². The van der Waals surface area contributed by atoms with Crippen LogP contribution in [0.2, 0.25) is 0 Å². The van der Waals surface area contributed by atoms with Crippen LogP contribution < -0.4 is 4.90 Å². The summed E-state index contributed by atoms with van der Waals surface area (Å²) in [4.78, 5) is 25.3. The van der Waals surface area contributed by atoms with E-state index in [1.54, 1.807) is 48.7 Å².